The molecule has 106 valence electrons. The smallest absolute Gasteiger partial charge is 0.331 e. The van der Waals surface area contributed by atoms with Gasteiger partial charge in [-0.15, -0.1) is 0 Å². The third-order valence-corrected chi connectivity index (χ3v) is 2.31. The summed E-state index contributed by atoms with van der Waals surface area (Å²) < 4.78 is 5.13. The number of benzene rings is 1. The molecule has 0 saturated heterocycles. The maximum absolute atomic E-state index is 11.4. The maximum atomic E-state index is 11.4. The highest BCUT2D eigenvalue weighted by Crippen LogP contribution is 2.11. The van der Waals surface area contributed by atoms with Crippen LogP contribution in [0.1, 0.15) is 26.3 Å². The van der Waals surface area contributed by atoms with E-state index < -0.39 is 5.60 Å². The zero-order valence-corrected chi connectivity index (χ0v) is 12.7. The van der Waals surface area contributed by atoms with Crippen LogP contribution in [0.2, 0.25) is 0 Å². The van der Waals surface area contributed by atoms with Crippen molar-refractivity contribution in [1.29, 1.82) is 0 Å². The summed E-state index contributed by atoms with van der Waals surface area (Å²) in [7, 11) is 3.98. The van der Waals surface area contributed by atoms with Crippen LogP contribution in [0.4, 0.5) is 5.69 Å². The van der Waals surface area contributed by atoms with Gasteiger partial charge in [0.2, 0.25) is 0 Å². The number of allylic oxidation sites excluding steroid dienone is 1. The number of carbonyl (C=O) groups is 1. The molecule has 0 N–H and O–H groups in total. The highest BCUT2D eigenvalue weighted by molar-refractivity contribution is 5.82. The van der Waals surface area contributed by atoms with E-state index in [2.05, 4.69) is 11.8 Å². The van der Waals surface area contributed by atoms with Crippen molar-refractivity contribution in [3.05, 3.63) is 42.0 Å². The van der Waals surface area contributed by atoms with Crippen LogP contribution in [-0.4, -0.2) is 25.7 Å². The molecule has 0 aliphatic heterocycles. The van der Waals surface area contributed by atoms with Gasteiger partial charge in [0.05, 0.1) is 0 Å². The van der Waals surface area contributed by atoms with E-state index in [1.807, 2.05) is 64.0 Å². The first-order valence-electron chi connectivity index (χ1n) is 6.46. The summed E-state index contributed by atoms with van der Waals surface area (Å²) in [5.41, 5.74) is 1.56. The van der Waals surface area contributed by atoms with Crippen molar-refractivity contribution < 1.29 is 9.53 Å². The van der Waals surface area contributed by atoms with Gasteiger partial charge in [0.15, 0.2) is 0 Å². The van der Waals surface area contributed by atoms with E-state index in [1.165, 1.54) is 12.2 Å². The van der Waals surface area contributed by atoms with E-state index in [1.54, 1.807) is 0 Å². The van der Waals surface area contributed by atoms with E-state index in [0.717, 1.165) is 11.3 Å². The number of anilines is 1. The van der Waals surface area contributed by atoms with Crippen molar-refractivity contribution in [2.45, 2.75) is 26.4 Å². The predicted octanol–water partition coefficient (Wildman–Crippen LogP) is 3.00. The topological polar surface area (TPSA) is 29.5 Å². The summed E-state index contributed by atoms with van der Waals surface area (Å²) in [6, 6.07) is 7.90. The Labute approximate surface area is 121 Å². The molecule has 3 nitrogen and oxygen atoms in total. The van der Waals surface area contributed by atoms with E-state index in [-0.39, 0.29) is 5.97 Å². The van der Waals surface area contributed by atoms with Crippen molar-refractivity contribution in [1.82, 2.24) is 0 Å². The quantitative estimate of drug-likeness (QED) is 0.470. The second-order valence-corrected chi connectivity index (χ2v) is 5.58. The molecule has 0 aliphatic rings. The van der Waals surface area contributed by atoms with Gasteiger partial charge in [0.1, 0.15) is 5.60 Å². The van der Waals surface area contributed by atoms with Gasteiger partial charge in [-0.25, -0.2) is 4.79 Å². The molecular weight excluding hydrogens is 250 g/mol. The Morgan fingerprint density at radius 2 is 1.80 bits per heavy atom. The minimum Gasteiger partial charge on any atom is -0.457 e. The molecule has 20 heavy (non-hydrogen) atoms. The van der Waals surface area contributed by atoms with Gasteiger partial charge in [0, 0.05) is 31.4 Å². The molecule has 0 fully saturated rings. The lowest BCUT2D eigenvalue weighted by Gasteiger charge is -2.17. The fourth-order valence-electron chi connectivity index (χ4n) is 1.41. The van der Waals surface area contributed by atoms with Gasteiger partial charge in [-0.1, -0.05) is 11.8 Å². The summed E-state index contributed by atoms with van der Waals surface area (Å²) in [5.74, 6) is 5.41. The maximum Gasteiger partial charge on any atom is 0.331 e. The molecule has 0 amide bonds. The molecule has 0 spiro atoms. The van der Waals surface area contributed by atoms with Crippen molar-refractivity contribution in [2.24, 2.45) is 0 Å². The number of carbonyl (C=O) groups excluding carboxylic acids is 1. The third kappa shape index (κ3) is 6.10. The number of hydrogen-bond donors (Lipinski definition) is 0. The highest BCUT2D eigenvalue weighted by atomic mass is 16.6. The van der Waals surface area contributed by atoms with Crippen LogP contribution in [0.3, 0.4) is 0 Å². The Bertz CT molecular complexity index is 537. The summed E-state index contributed by atoms with van der Waals surface area (Å²) in [6.45, 7) is 5.49. The number of esters is 1. The molecule has 0 atom stereocenters. The molecule has 1 rings (SSSR count). The molecule has 0 radical (unpaired) electrons. The standard InChI is InChI=1S/C17H21NO2/c1-17(2,3)20-16(19)9-7-6-8-14-10-12-15(13-11-14)18(4)5/h7,9-13H,1-5H3/b9-7+. The second kappa shape index (κ2) is 6.81. The van der Waals surface area contributed by atoms with Crippen LogP contribution in [0.25, 0.3) is 0 Å². The second-order valence-electron chi connectivity index (χ2n) is 5.58. The number of nitrogens with zero attached hydrogens (tertiary/aromatic N) is 1. The van der Waals surface area contributed by atoms with Crippen LogP contribution in [0, 0.1) is 11.8 Å². The van der Waals surface area contributed by atoms with Crippen LogP contribution in [0.5, 0.6) is 0 Å². The Morgan fingerprint density at radius 3 is 2.30 bits per heavy atom. The largest absolute Gasteiger partial charge is 0.457 e. The first-order valence-corrected chi connectivity index (χ1v) is 6.46. The molecular formula is C17H21NO2. The molecule has 0 aromatic heterocycles. The minimum atomic E-state index is -0.475. The summed E-state index contributed by atoms with van der Waals surface area (Å²) in [4.78, 5) is 13.4. The van der Waals surface area contributed by atoms with Gasteiger partial charge in [-0.05, 0) is 51.1 Å². The fourth-order valence-corrected chi connectivity index (χ4v) is 1.41. The van der Waals surface area contributed by atoms with E-state index >= 15 is 0 Å². The lowest BCUT2D eigenvalue weighted by atomic mass is 10.2. The van der Waals surface area contributed by atoms with Crippen LogP contribution >= 0.6 is 0 Å². The van der Waals surface area contributed by atoms with Gasteiger partial charge in [0.25, 0.3) is 0 Å². The van der Waals surface area contributed by atoms with Gasteiger partial charge in [-0.2, -0.15) is 0 Å². The average Bonchev–Trinajstić information content (AvgIpc) is 2.33. The highest BCUT2D eigenvalue weighted by Gasteiger charge is 2.13. The third-order valence-electron chi connectivity index (χ3n) is 2.31. The molecule has 0 heterocycles. The van der Waals surface area contributed by atoms with Gasteiger partial charge in [-0.3, -0.25) is 0 Å². The Hall–Kier alpha value is -2.21. The Morgan fingerprint density at radius 1 is 1.20 bits per heavy atom. The molecule has 1 aromatic carbocycles. The van der Waals surface area contributed by atoms with Crippen LogP contribution in [-0.2, 0) is 9.53 Å². The lowest BCUT2D eigenvalue weighted by Crippen LogP contribution is -2.22. The Kier molecular flexibility index (Phi) is 5.40. The van der Waals surface area contributed by atoms with E-state index in [9.17, 15) is 4.79 Å². The zero-order chi connectivity index (χ0) is 15.2. The van der Waals surface area contributed by atoms with Gasteiger partial charge < -0.3 is 9.64 Å². The van der Waals surface area contributed by atoms with Crippen molar-refractivity contribution >= 4 is 11.7 Å². The predicted molar refractivity (Wildman–Crippen MR) is 82.6 cm³/mol. The van der Waals surface area contributed by atoms with Crippen LogP contribution < -0.4 is 4.90 Å². The summed E-state index contributed by atoms with van der Waals surface area (Å²) >= 11 is 0. The first kappa shape index (κ1) is 15.8. The summed E-state index contributed by atoms with van der Waals surface area (Å²) in [5, 5.41) is 0. The van der Waals surface area contributed by atoms with E-state index in [4.69, 9.17) is 4.74 Å². The first-order chi connectivity index (χ1) is 9.28. The minimum absolute atomic E-state index is 0.380. The van der Waals surface area contributed by atoms with E-state index in [0.29, 0.717) is 0 Å². The molecule has 0 aliphatic carbocycles. The fraction of sp³-hybridized carbons (Fsp3) is 0.353. The Balaban J connectivity index is 2.60. The average molecular weight is 271 g/mol. The number of hydrogen-bond acceptors (Lipinski definition) is 3. The molecule has 0 bridgehead atoms. The SMILES string of the molecule is CN(C)c1ccc(C#C/C=C/C(=O)OC(C)(C)C)cc1. The molecule has 1 aromatic rings. The zero-order valence-electron chi connectivity index (χ0n) is 12.7. The normalized spacial score (nSPS) is 10.8. The number of rotatable bonds is 2. The van der Waals surface area contributed by atoms with Crippen molar-refractivity contribution in [3.63, 3.8) is 0 Å². The molecule has 0 saturated carbocycles. The lowest BCUT2D eigenvalue weighted by molar-refractivity contribution is -0.148. The monoisotopic (exact) mass is 271 g/mol. The molecule has 0 unspecified atom stereocenters. The molecule has 3 heteroatoms. The van der Waals surface area contributed by atoms with Crippen molar-refractivity contribution in [3.8, 4) is 11.8 Å². The van der Waals surface area contributed by atoms with Crippen molar-refractivity contribution in [2.75, 3.05) is 19.0 Å². The summed E-state index contributed by atoms with van der Waals surface area (Å²) in [6.07, 6.45) is 2.85. The van der Waals surface area contributed by atoms with Gasteiger partial charge >= 0.3 is 5.97 Å². The number of ether oxygens (including phenoxy) is 1. The van der Waals surface area contributed by atoms with Crippen LogP contribution in [0.15, 0.2) is 36.4 Å².